The minimum Gasteiger partial charge on any atom is -0.322 e. The van der Waals surface area contributed by atoms with E-state index >= 15 is 0 Å². The van der Waals surface area contributed by atoms with Crippen molar-refractivity contribution < 1.29 is 13.2 Å². The van der Waals surface area contributed by atoms with Crippen LogP contribution in [0.3, 0.4) is 0 Å². The van der Waals surface area contributed by atoms with Crippen molar-refractivity contribution in [2.75, 3.05) is 18.5 Å². The molecule has 0 bridgehead atoms. The third-order valence-electron chi connectivity index (χ3n) is 5.16. The number of sulfonamides is 1. The molecule has 1 aliphatic heterocycles. The fourth-order valence-electron chi connectivity index (χ4n) is 3.63. The minimum absolute atomic E-state index is 0.0545. The lowest BCUT2D eigenvalue weighted by atomic mass is 10.1. The highest BCUT2D eigenvalue weighted by Crippen LogP contribution is 2.25. The van der Waals surface area contributed by atoms with Gasteiger partial charge < -0.3 is 9.88 Å². The van der Waals surface area contributed by atoms with E-state index in [2.05, 4.69) is 4.98 Å². The Morgan fingerprint density at radius 3 is 2.48 bits per heavy atom. The summed E-state index contributed by atoms with van der Waals surface area (Å²) in [6.45, 7) is 0.722. The van der Waals surface area contributed by atoms with Gasteiger partial charge in [0, 0.05) is 49.2 Å². The summed E-state index contributed by atoms with van der Waals surface area (Å²) in [6.07, 6.45) is 1.33. The first kappa shape index (κ1) is 19.4. The van der Waals surface area contributed by atoms with Gasteiger partial charge in [-0.3, -0.25) is 9.59 Å². The van der Waals surface area contributed by atoms with Crippen molar-refractivity contribution in [3.05, 3.63) is 70.5 Å². The largest absolute Gasteiger partial charge is 0.322 e. The lowest BCUT2D eigenvalue weighted by Crippen LogP contribution is -2.27. The molecule has 29 heavy (non-hydrogen) atoms. The van der Waals surface area contributed by atoms with E-state index in [1.807, 2.05) is 18.2 Å². The van der Waals surface area contributed by atoms with Gasteiger partial charge in [-0.15, -0.1) is 0 Å². The summed E-state index contributed by atoms with van der Waals surface area (Å²) in [5.41, 5.74) is 1.73. The number of rotatable bonds is 5. The molecule has 1 amide bonds. The fraction of sp³-hybridized carbons (Fsp3) is 0.238. The van der Waals surface area contributed by atoms with Gasteiger partial charge in [-0.05, 0) is 42.3 Å². The Balaban J connectivity index is 1.61. The van der Waals surface area contributed by atoms with E-state index in [0.717, 1.165) is 11.8 Å². The molecular weight excluding hydrogens is 390 g/mol. The average Bonchev–Trinajstić information content (AvgIpc) is 3.13. The molecule has 0 atom stereocenters. The number of hydrogen-bond acceptors (Lipinski definition) is 4. The number of aromatic amines is 1. The van der Waals surface area contributed by atoms with Crippen molar-refractivity contribution in [2.24, 2.45) is 0 Å². The summed E-state index contributed by atoms with van der Waals surface area (Å²) in [5.74, 6) is 0.0545. The number of amides is 1. The highest BCUT2D eigenvalue weighted by molar-refractivity contribution is 7.89. The van der Waals surface area contributed by atoms with Crippen molar-refractivity contribution in [3.63, 3.8) is 0 Å². The van der Waals surface area contributed by atoms with Gasteiger partial charge in [-0.1, -0.05) is 18.2 Å². The zero-order valence-corrected chi connectivity index (χ0v) is 16.8. The van der Waals surface area contributed by atoms with E-state index in [0.29, 0.717) is 29.7 Å². The normalized spacial score (nSPS) is 14.8. The smallest absolute Gasteiger partial charge is 0.248 e. The molecule has 7 nitrogen and oxygen atoms in total. The number of H-pyrrole nitrogens is 1. The third kappa shape index (κ3) is 3.68. The topological polar surface area (TPSA) is 90.6 Å². The number of aromatic nitrogens is 1. The Morgan fingerprint density at radius 2 is 1.79 bits per heavy atom. The van der Waals surface area contributed by atoms with Gasteiger partial charge in [0.25, 0.3) is 0 Å². The highest BCUT2D eigenvalue weighted by Gasteiger charge is 2.24. The van der Waals surface area contributed by atoms with Crippen LogP contribution in [0.4, 0.5) is 5.69 Å². The van der Waals surface area contributed by atoms with E-state index in [9.17, 15) is 18.0 Å². The minimum atomic E-state index is -3.75. The Hall–Kier alpha value is -2.97. The first-order valence-corrected chi connectivity index (χ1v) is 10.8. The van der Waals surface area contributed by atoms with Crippen LogP contribution in [0.1, 0.15) is 18.4 Å². The zero-order valence-electron chi connectivity index (χ0n) is 16.0. The Kier molecular flexibility index (Phi) is 4.97. The second-order valence-corrected chi connectivity index (χ2v) is 9.15. The van der Waals surface area contributed by atoms with Crippen molar-refractivity contribution in [3.8, 4) is 0 Å². The van der Waals surface area contributed by atoms with Gasteiger partial charge in [0.2, 0.25) is 21.5 Å². The number of carbonyl (C=O) groups excluding carboxylic acids is 1. The second-order valence-electron chi connectivity index (χ2n) is 7.11. The maximum atomic E-state index is 13.0. The quantitative estimate of drug-likeness (QED) is 0.698. The van der Waals surface area contributed by atoms with Gasteiger partial charge >= 0.3 is 0 Å². The van der Waals surface area contributed by atoms with E-state index in [4.69, 9.17) is 0 Å². The van der Waals surface area contributed by atoms with Gasteiger partial charge in [-0.25, -0.2) is 8.42 Å². The van der Waals surface area contributed by atoms with Crippen molar-refractivity contribution in [1.29, 1.82) is 0 Å². The number of fused-ring (bicyclic) bond motifs is 1. The number of carbonyl (C=O) groups is 1. The predicted molar refractivity (Wildman–Crippen MR) is 111 cm³/mol. The molecule has 0 radical (unpaired) electrons. The van der Waals surface area contributed by atoms with Crippen LogP contribution in [0.25, 0.3) is 10.9 Å². The highest BCUT2D eigenvalue weighted by atomic mass is 32.2. The molecule has 0 spiro atoms. The fourth-order valence-corrected chi connectivity index (χ4v) is 4.78. The van der Waals surface area contributed by atoms with Crippen LogP contribution in [0.5, 0.6) is 0 Å². The second kappa shape index (κ2) is 7.46. The zero-order chi connectivity index (χ0) is 20.6. The molecule has 1 N–H and O–H groups in total. The van der Waals surface area contributed by atoms with Crippen LogP contribution < -0.4 is 10.5 Å². The summed E-state index contributed by atoms with van der Waals surface area (Å²) in [4.78, 5) is 28.4. The number of para-hydroxylation sites is 1. The Labute approximate surface area is 168 Å². The van der Waals surface area contributed by atoms with E-state index in [-0.39, 0.29) is 22.9 Å². The molecule has 8 heteroatoms. The Bertz CT molecular complexity index is 1230. The molecule has 1 aromatic heterocycles. The molecule has 150 valence electrons. The van der Waals surface area contributed by atoms with Crippen LogP contribution in [-0.4, -0.2) is 37.2 Å². The summed E-state index contributed by atoms with van der Waals surface area (Å²) in [7, 11) is -2.27. The SMILES string of the molecule is CN(Cc1cc(=O)[nH]c2ccccc12)S(=O)(=O)c1ccc(N2CCCC2=O)cc1. The van der Waals surface area contributed by atoms with Crippen molar-refractivity contribution in [1.82, 2.24) is 9.29 Å². The molecule has 0 aliphatic carbocycles. The predicted octanol–water partition coefficient (Wildman–Crippen LogP) is 2.48. The molecule has 1 fully saturated rings. The number of anilines is 1. The van der Waals surface area contributed by atoms with E-state index < -0.39 is 10.0 Å². The molecule has 2 heterocycles. The summed E-state index contributed by atoms with van der Waals surface area (Å²) >= 11 is 0. The lowest BCUT2D eigenvalue weighted by Gasteiger charge is -2.20. The molecule has 0 unspecified atom stereocenters. The van der Waals surface area contributed by atoms with E-state index in [1.54, 1.807) is 23.1 Å². The molecule has 1 saturated heterocycles. The molecule has 3 aromatic rings. The molecule has 1 aliphatic rings. The van der Waals surface area contributed by atoms with Gasteiger partial charge in [0.1, 0.15) is 0 Å². The number of nitrogens with zero attached hydrogens (tertiary/aromatic N) is 2. The van der Waals surface area contributed by atoms with Crippen LogP contribution in [0, 0.1) is 0 Å². The molecule has 4 rings (SSSR count). The number of pyridine rings is 1. The first-order chi connectivity index (χ1) is 13.9. The maximum Gasteiger partial charge on any atom is 0.248 e. The summed E-state index contributed by atoms with van der Waals surface area (Å²) in [6, 6.07) is 15.1. The average molecular weight is 411 g/mol. The van der Waals surface area contributed by atoms with Crippen molar-refractivity contribution >= 4 is 32.5 Å². The number of hydrogen-bond donors (Lipinski definition) is 1. The molecule has 2 aromatic carbocycles. The van der Waals surface area contributed by atoms with Crippen LogP contribution in [0.2, 0.25) is 0 Å². The van der Waals surface area contributed by atoms with Crippen LogP contribution in [0.15, 0.2) is 64.3 Å². The van der Waals surface area contributed by atoms with Crippen LogP contribution >= 0.6 is 0 Å². The van der Waals surface area contributed by atoms with Crippen molar-refractivity contribution in [2.45, 2.75) is 24.3 Å². The molecular formula is C21H21N3O4S. The van der Waals surface area contributed by atoms with E-state index in [1.165, 1.54) is 29.6 Å². The standard InChI is InChI=1S/C21H21N3O4S/c1-23(14-15-13-20(25)22-19-6-3-2-5-18(15)19)29(27,28)17-10-8-16(9-11-17)24-12-4-7-21(24)26/h2-3,5-6,8-11,13H,4,7,12,14H2,1H3,(H,22,25). The Morgan fingerprint density at radius 1 is 1.07 bits per heavy atom. The summed E-state index contributed by atoms with van der Waals surface area (Å²) < 4.78 is 27.3. The van der Waals surface area contributed by atoms with Gasteiger partial charge in [0.15, 0.2) is 0 Å². The first-order valence-electron chi connectivity index (χ1n) is 9.34. The van der Waals surface area contributed by atoms with Crippen LogP contribution in [-0.2, 0) is 21.4 Å². The van der Waals surface area contributed by atoms with Gasteiger partial charge in [-0.2, -0.15) is 4.31 Å². The monoisotopic (exact) mass is 411 g/mol. The van der Waals surface area contributed by atoms with Gasteiger partial charge in [0.05, 0.1) is 4.90 Å². The molecule has 0 saturated carbocycles. The lowest BCUT2D eigenvalue weighted by molar-refractivity contribution is -0.117. The number of nitrogens with one attached hydrogen (secondary N) is 1. The maximum absolute atomic E-state index is 13.0. The number of benzene rings is 2. The summed E-state index contributed by atoms with van der Waals surface area (Å²) in [5, 5.41) is 0.803. The third-order valence-corrected chi connectivity index (χ3v) is 6.98.